The second-order valence-corrected chi connectivity index (χ2v) is 6.95. The molecule has 3 rings (SSSR count). The van der Waals surface area contributed by atoms with E-state index in [0.29, 0.717) is 34.1 Å². The number of para-hydroxylation sites is 1. The molecule has 2 aromatic carbocycles. The number of amides is 2. The van der Waals surface area contributed by atoms with E-state index in [-0.39, 0.29) is 17.2 Å². The van der Waals surface area contributed by atoms with Crippen LogP contribution in [0.1, 0.15) is 22.8 Å². The van der Waals surface area contributed by atoms with Crippen LogP contribution in [0.2, 0.25) is 0 Å². The van der Waals surface area contributed by atoms with Crippen molar-refractivity contribution in [2.24, 2.45) is 5.73 Å². The normalized spacial score (nSPS) is 10.3. The topological polar surface area (TPSA) is 118 Å². The first-order chi connectivity index (χ1) is 14.0. The summed E-state index contributed by atoms with van der Waals surface area (Å²) in [7, 11) is 0. The van der Waals surface area contributed by atoms with Crippen LogP contribution in [0.3, 0.4) is 0 Å². The number of primary amides is 1. The maximum atomic E-state index is 12.3. The van der Waals surface area contributed by atoms with Gasteiger partial charge >= 0.3 is 0 Å². The number of aromatic nitrogens is 1. The Hall–Kier alpha value is -3.57. The van der Waals surface area contributed by atoms with Crippen LogP contribution in [-0.4, -0.2) is 29.2 Å². The molecule has 8 heteroatoms. The third-order valence-electron chi connectivity index (χ3n) is 3.99. The molecule has 0 unspecified atom stereocenters. The Labute approximate surface area is 171 Å². The van der Waals surface area contributed by atoms with Crippen LogP contribution < -0.4 is 15.8 Å². The van der Waals surface area contributed by atoms with Crippen molar-refractivity contribution in [3.05, 3.63) is 59.7 Å². The summed E-state index contributed by atoms with van der Waals surface area (Å²) in [6.45, 7) is 2.45. The fraction of sp³-hybridized carbons (Fsp3) is 0.143. The number of nitrogens with two attached hydrogens (primary N) is 1. The molecule has 0 saturated heterocycles. The van der Waals surface area contributed by atoms with E-state index >= 15 is 0 Å². The minimum Gasteiger partial charge on any atom is -0.494 e. The van der Waals surface area contributed by atoms with Crippen molar-refractivity contribution in [2.45, 2.75) is 11.9 Å². The third-order valence-corrected chi connectivity index (χ3v) is 4.98. The van der Waals surface area contributed by atoms with Crippen molar-refractivity contribution in [3.8, 4) is 11.8 Å². The zero-order chi connectivity index (χ0) is 20.8. The van der Waals surface area contributed by atoms with E-state index in [1.807, 2.05) is 25.1 Å². The van der Waals surface area contributed by atoms with Gasteiger partial charge in [-0.1, -0.05) is 23.9 Å². The molecule has 3 N–H and O–H groups in total. The summed E-state index contributed by atoms with van der Waals surface area (Å²) >= 11 is 1.15. The first kappa shape index (κ1) is 20.2. The van der Waals surface area contributed by atoms with Gasteiger partial charge in [0, 0.05) is 5.39 Å². The van der Waals surface area contributed by atoms with E-state index in [1.165, 1.54) is 0 Å². The number of anilines is 1. The molecule has 146 valence electrons. The third kappa shape index (κ3) is 4.83. The predicted octanol–water partition coefficient (Wildman–Crippen LogP) is 3.33. The summed E-state index contributed by atoms with van der Waals surface area (Å²) < 4.78 is 5.48. The van der Waals surface area contributed by atoms with Crippen LogP contribution in [0.5, 0.6) is 5.75 Å². The number of pyridine rings is 1. The lowest BCUT2D eigenvalue weighted by molar-refractivity contribution is -0.113. The molecule has 0 radical (unpaired) electrons. The van der Waals surface area contributed by atoms with E-state index in [0.717, 1.165) is 17.1 Å². The Kier molecular flexibility index (Phi) is 6.32. The molecule has 0 aliphatic carbocycles. The Morgan fingerprint density at radius 2 is 2.03 bits per heavy atom. The fourth-order valence-corrected chi connectivity index (χ4v) is 3.47. The first-order valence-corrected chi connectivity index (χ1v) is 9.79. The average Bonchev–Trinajstić information content (AvgIpc) is 2.72. The van der Waals surface area contributed by atoms with Gasteiger partial charge in [0.25, 0.3) is 5.91 Å². The lowest BCUT2D eigenvalue weighted by Crippen LogP contribution is -2.19. The van der Waals surface area contributed by atoms with Crippen molar-refractivity contribution in [1.82, 2.24) is 4.98 Å². The van der Waals surface area contributed by atoms with Gasteiger partial charge in [0.1, 0.15) is 16.8 Å². The molecule has 3 aromatic rings. The van der Waals surface area contributed by atoms with Gasteiger partial charge in [-0.3, -0.25) is 9.59 Å². The molecule has 7 nitrogen and oxygen atoms in total. The summed E-state index contributed by atoms with van der Waals surface area (Å²) in [5, 5.41) is 13.4. The lowest BCUT2D eigenvalue weighted by atomic mass is 10.1. The maximum Gasteiger partial charge on any atom is 0.250 e. The van der Waals surface area contributed by atoms with Gasteiger partial charge in [-0.2, -0.15) is 5.26 Å². The number of rotatable bonds is 7. The second-order valence-electron chi connectivity index (χ2n) is 5.99. The number of fused-ring (bicyclic) bond motifs is 1. The van der Waals surface area contributed by atoms with Gasteiger partial charge in [0.2, 0.25) is 5.91 Å². The highest BCUT2D eigenvalue weighted by molar-refractivity contribution is 8.00. The van der Waals surface area contributed by atoms with Crippen LogP contribution in [0.25, 0.3) is 10.9 Å². The molecular formula is C21H18N4O3S. The Morgan fingerprint density at radius 1 is 1.24 bits per heavy atom. The number of hydrogen-bond donors (Lipinski definition) is 2. The SMILES string of the molecule is CCOc1ccc2nc(SCC(=O)Nc3ccccc3C(N)=O)c(C#N)cc2c1. The molecule has 1 aromatic heterocycles. The molecule has 0 saturated carbocycles. The van der Waals surface area contributed by atoms with E-state index in [1.54, 1.807) is 30.3 Å². The van der Waals surface area contributed by atoms with E-state index in [4.69, 9.17) is 10.5 Å². The summed E-state index contributed by atoms with van der Waals surface area (Å²) in [5.41, 5.74) is 6.99. The molecule has 29 heavy (non-hydrogen) atoms. The molecule has 1 heterocycles. The fourth-order valence-electron chi connectivity index (χ4n) is 2.71. The summed E-state index contributed by atoms with van der Waals surface area (Å²) in [6, 6.07) is 15.8. The predicted molar refractivity (Wildman–Crippen MR) is 112 cm³/mol. The van der Waals surface area contributed by atoms with Crippen molar-refractivity contribution in [3.63, 3.8) is 0 Å². The van der Waals surface area contributed by atoms with E-state index < -0.39 is 5.91 Å². The summed E-state index contributed by atoms with van der Waals surface area (Å²) in [5.74, 6) is -0.222. The lowest BCUT2D eigenvalue weighted by Gasteiger charge is -2.10. The number of carbonyl (C=O) groups is 2. The minimum absolute atomic E-state index is 0.0251. The van der Waals surface area contributed by atoms with Crippen molar-refractivity contribution >= 4 is 40.2 Å². The number of hydrogen-bond acceptors (Lipinski definition) is 6. The van der Waals surface area contributed by atoms with Gasteiger partial charge in [0.15, 0.2) is 0 Å². The van der Waals surface area contributed by atoms with E-state index in [9.17, 15) is 14.9 Å². The van der Waals surface area contributed by atoms with Crippen LogP contribution in [0, 0.1) is 11.3 Å². The number of benzene rings is 2. The number of nitrogens with one attached hydrogen (secondary N) is 1. The summed E-state index contributed by atoms with van der Waals surface area (Å²) in [4.78, 5) is 28.3. The monoisotopic (exact) mass is 406 g/mol. The molecule has 0 aliphatic heterocycles. The molecule has 0 spiro atoms. The number of ether oxygens (including phenoxy) is 1. The van der Waals surface area contributed by atoms with Gasteiger partial charge in [-0.15, -0.1) is 0 Å². The first-order valence-electron chi connectivity index (χ1n) is 8.81. The Morgan fingerprint density at radius 3 is 2.76 bits per heavy atom. The number of nitriles is 1. The smallest absolute Gasteiger partial charge is 0.250 e. The van der Waals surface area contributed by atoms with Gasteiger partial charge in [0.05, 0.1) is 34.7 Å². The molecule has 0 bridgehead atoms. The summed E-state index contributed by atoms with van der Waals surface area (Å²) in [6.07, 6.45) is 0. The van der Waals surface area contributed by atoms with Crippen LogP contribution in [0.4, 0.5) is 5.69 Å². The Bertz CT molecular complexity index is 1120. The van der Waals surface area contributed by atoms with Gasteiger partial charge < -0.3 is 15.8 Å². The standard InChI is InChI=1S/C21H18N4O3S/c1-2-28-15-7-8-17-13(10-15)9-14(11-22)21(25-17)29-12-19(26)24-18-6-4-3-5-16(18)20(23)27/h3-10H,2,12H2,1H3,(H2,23,27)(H,24,26). The van der Waals surface area contributed by atoms with Crippen LogP contribution >= 0.6 is 11.8 Å². The van der Waals surface area contributed by atoms with Crippen molar-refractivity contribution in [1.29, 1.82) is 5.26 Å². The number of carbonyl (C=O) groups excluding carboxylic acids is 2. The minimum atomic E-state index is -0.622. The molecular weight excluding hydrogens is 388 g/mol. The number of thioether (sulfide) groups is 1. The van der Waals surface area contributed by atoms with Crippen LogP contribution in [0.15, 0.2) is 53.6 Å². The molecule has 2 amide bonds. The quantitative estimate of drug-likeness (QED) is 0.581. The molecule has 0 fully saturated rings. The van der Waals surface area contributed by atoms with E-state index in [2.05, 4.69) is 16.4 Å². The zero-order valence-electron chi connectivity index (χ0n) is 15.6. The zero-order valence-corrected chi connectivity index (χ0v) is 16.5. The highest BCUT2D eigenvalue weighted by atomic mass is 32.2. The second kappa shape index (κ2) is 9.08. The largest absolute Gasteiger partial charge is 0.494 e. The highest BCUT2D eigenvalue weighted by Crippen LogP contribution is 2.27. The van der Waals surface area contributed by atoms with Crippen molar-refractivity contribution in [2.75, 3.05) is 17.7 Å². The number of nitrogens with zero attached hydrogens (tertiary/aromatic N) is 2. The molecule has 0 aliphatic rings. The maximum absolute atomic E-state index is 12.3. The van der Waals surface area contributed by atoms with Gasteiger partial charge in [-0.05, 0) is 43.3 Å². The van der Waals surface area contributed by atoms with Gasteiger partial charge in [-0.25, -0.2) is 4.98 Å². The molecule has 0 atom stereocenters. The highest BCUT2D eigenvalue weighted by Gasteiger charge is 2.13. The average molecular weight is 406 g/mol. The Balaban J connectivity index is 1.76. The van der Waals surface area contributed by atoms with Crippen molar-refractivity contribution < 1.29 is 14.3 Å². The van der Waals surface area contributed by atoms with Crippen LogP contribution in [-0.2, 0) is 4.79 Å².